The van der Waals surface area contributed by atoms with Crippen molar-refractivity contribution in [2.45, 2.75) is 19.8 Å². The van der Waals surface area contributed by atoms with E-state index in [1.165, 1.54) is 0 Å². The summed E-state index contributed by atoms with van der Waals surface area (Å²) in [6.07, 6.45) is 2.14. The van der Waals surface area contributed by atoms with Gasteiger partial charge in [-0.25, -0.2) is 0 Å². The van der Waals surface area contributed by atoms with E-state index in [1.54, 1.807) is 7.05 Å². The molecule has 2 atom stereocenters. The third kappa shape index (κ3) is 3.99. The average Bonchev–Trinajstić information content (AvgIpc) is 2.28. The standard InChI is InChI=1S/C11H21ClN2O/c1-9(6-12)7-14-5-3-4-10(8-14)11(15)13-2/h9-10H,3-8H2,1-2H3,(H,13,15). The summed E-state index contributed by atoms with van der Waals surface area (Å²) in [5, 5.41) is 2.73. The highest BCUT2D eigenvalue weighted by Gasteiger charge is 2.25. The molecule has 0 aromatic heterocycles. The number of carbonyl (C=O) groups is 1. The Morgan fingerprint density at radius 1 is 1.67 bits per heavy atom. The molecule has 0 aliphatic carbocycles. The zero-order valence-electron chi connectivity index (χ0n) is 9.63. The number of nitrogens with one attached hydrogen (secondary N) is 1. The van der Waals surface area contributed by atoms with Gasteiger partial charge in [0.1, 0.15) is 0 Å². The number of piperidine rings is 1. The smallest absolute Gasteiger partial charge is 0.224 e. The van der Waals surface area contributed by atoms with Crippen molar-refractivity contribution in [1.82, 2.24) is 10.2 Å². The first kappa shape index (κ1) is 12.8. The Balaban J connectivity index is 2.38. The summed E-state index contributed by atoms with van der Waals surface area (Å²) in [6, 6.07) is 0. The van der Waals surface area contributed by atoms with E-state index >= 15 is 0 Å². The molecule has 15 heavy (non-hydrogen) atoms. The lowest BCUT2D eigenvalue weighted by Crippen LogP contribution is -2.43. The first-order chi connectivity index (χ1) is 7.17. The molecule has 1 saturated heterocycles. The Bertz CT molecular complexity index is 211. The van der Waals surface area contributed by atoms with Crippen LogP contribution in [0.3, 0.4) is 0 Å². The summed E-state index contributed by atoms with van der Waals surface area (Å²) in [4.78, 5) is 13.9. The van der Waals surface area contributed by atoms with Crippen LogP contribution in [-0.4, -0.2) is 43.4 Å². The summed E-state index contributed by atoms with van der Waals surface area (Å²) in [5.41, 5.74) is 0. The lowest BCUT2D eigenvalue weighted by atomic mass is 9.96. The fraction of sp³-hybridized carbons (Fsp3) is 0.909. The van der Waals surface area contributed by atoms with E-state index in [1.807, 2.05) is 0 Å². The Morgan fingerprint density at radius 2 is 2.40 bits per heavy atom. The molecule has 0 saturated carbocycles. The molecule has 0 aromatic rings. The predicted octanol–water partition coefficient (Wildman–Crippen LogP) is 1.32. The number of hydrogen-bond acceptors (Lipinski definition) is 2. The normalized spacial score (nSPS) is 24.9. The number of nitrogens with zero attached hydrogens (tertiary/aromatic N) is 1. The van der Waals surface area contributed by atoms with Gasteiger partial charge in [0.15, 0.2) is 0 Å². The second kappa shape index (κ2) is 6.33. The molecule has 0 bridgehead atoms. The molecule has 1 aliphatic heterocycles. The summed E-state index contributed by atoms with van der Waals surface area (Å²) in [6.45, 7) is 5.16. The van der Waals surface area contributed by atoms with Gasteiger partial charge in [0.05, 0.1) is 5.92 Å². The van der Waals surface area contributed by atoms with Gasteiger partial charge in [-0.1, -0.05) is 6.92 Å². The van der Waals surface area contributed by atoms with Crippen molar-refractivity contribution in [3.63, 3.8) is 0 Å². The number of hydrogen-bond donors (Lipinski definition) is 1. The molecule has 0 aromatic carbocycles. The number of likely N-dealkylation sites (tertiary alicyclic amines) is 1. The van der Waals surface area contributed by atoms with Gasteiger partial charge in [-0.3, -0.25) is 4.79 Å². The van der Waals surface area contributed by atoms with Gasteiger partial charge in [0.25, 0.3) is 0 Å². The van der Waals surface area contributed by atoms with Crippen molar-refractivity contribution in [3.05, 3.63) is 0 Å². The van der Waals surface area contributed by atoms with Gasteiger partial charge in [-0.2, -0.15) is 0 Å². The molecule has 1 N–H and O–H groups in total. The largest absolute Gasteiger partial charge is 0.359 e. The van der Waals surface area contributed by atoms with E-state index in [9.17, 15) is 4.79 Å². The topological polar surface area (TPSA) is 32.3 Å². The molecule has 1 rings (SSSR count). The van der Waals surface area contributed by atoms with E-state index < -0.39 is 0 Å². The van der Waals surface area contributed by atoms with E-state index in [0.717, 1.165) is 32.5 Å². The Labute approximate surface area is 97.2 Å². The summed E-state index contributed by atoms with van der Waals surface area (Å²) < 4.78 is 0. The monoisotopic (exact) mass is 232 g/mol. The van der Waals surface area contributed by atoms with Crippen LogP contribution in [0.1, 0.15) is 19.8 Å². The third-order valence-corrected chi connectivity index (χ3v) is 3.48. The molecule has 2 unspecified atom stereocenters. The van der Waals surface area contributed by atoms with Gasteiger partial charge >= 0.3 is 0 Å². The molecular formula is C11H21ClN2O. The molecule has 4 heteroatoms. The van der Waals surface area contributed by atoms with Crippen molar-refractivity contribution in [1.29, 1.82) is 0 Å². The van der Waals surface area contributed by atoms with E-state index in [2.05, 4.69) is 17.1 Å². The molecule has 1 heterocycles. The lowest BCUT2D eigenvalue weighted by Gasteiger charge is -2.33. The maximum atomic E-state index is 11.5. The van der Waals surface area contributed by atoms with Crippen LogP contribution in [0.2, 0.25) is 0 Å². The maximum Gasteiger partial charge on any atom is 0.224 e. The van der Waals surface area contributed by atoms with Crippen molar-refractivity contribution in [3.8, 4) is 0 Å². The molecule has 1 amide bonds. The van der Waals surface area contributed by atoms with Crippen molar-refractivity contribution >= 4 is 17.5 Å². The number of alkyl halides is 1. The molecule has 3 nitrogen and oxygen atoms in total. The van der Waals surface area contributed by atoms with E-state index in [-0.39, 0.29) is 11.8 Å². The molecule has 0 spiro atoms. The van der Waals surface area contributed by atoms with Crippen LogP contribution in [0.5, 0.6) is 0 Å². The van der Waals surface area contributed by atoms with Gasteiger partial charge in [0.2, 0.25) is 5.91 Å². The summed E-state index contributed by atoms with van der Waals surface area (Å²) in [5.74, 6) is 1.56. The van der Waals surface area contributed by atoms with E-state index in [4.69, 9.17) is 11.6 Å². The van der Waals surface area contributed by atoms with Crippen LogP contribution in [0, 0.1) is 11.8 Å². The van der Waals surface area contributed by atoms with Crippen LogP contribution in [0.15, 0.2) is 0 Å². The molecule has 1 fully saturated rings. The Kier molecular flexibility index (Phi) is 5.40. The zero-order valence-corrected chi connectivity index (χ0v) is 10.4. The lowest BCUT2D eigenvalue weighted by molar-refractivity contribution is -0.126. The van der Waals surface area contributed by atoms with Crippen molar-refractivity contribution in [2.75, 3.05) is 32.6 Å². The van der Waals surface area contributed by atoms with Crippen molar-refractivity contribution in [2.24, 2.45) is 11.8 Å². The van der Waals surface area contributed by atoms with Gasteiger partial charge in [0, 0.05) is 26.0 Å². The second-order valence-corrected chi connectivity index (χ2v) is 4.78. The number of amides is 1. The SMILES string of the molecule is CNC(=O)C1CCCN(CC(C)CCl)C1. The highest BCUT2D eigenvalue weighted by molar-refractivity contribution is 6.18. The molecular weight excluding hydrogens is 212 g/mol. The maximum absolute atomic E-state index is 11.5. The van der Waals surface area contributed by atoms with Gasteiger partial charge in [-0.15, -0.1) is 11.6 Å². The summed E-state index contributed by atoms with van der Waals surface area (Å²) in [7, 11) is 1.71. The Morgan fingerprint density at radius 3 is 3.00 bits per heavy atom. The van der Waals surface area contributed by atoms with Crippen LogP contribution in [0.4, 0.5) is 0 Å². The summed E-state index contributed by atoms with van der Waals surface area (Å²) >= 11 is 5.79. The minimum Gasteiger partial charge on any atom is -0.359 e. The third-order valence-electron chi connectivity index (χ3n) is 2.96. The Hall–Kier alpha value is -0.280. The highest BCUT2D eigenvalue weighted by atomic mass is 35.5. The minimum absolute atomic E-state index is 0.172. The first-order valence-electron chi connectivity index (χ1n) is 5.67. The first-order valence-corrected chi connectivity index (χ1v) is 6.20. The predicted molar refractivity (Wildman–Crippen MR) is 63.1 cm³/mol. The van der Waals surface area contributed by atoms with Crippen LogP contribution >= 0.6 is 11.6 Å². The zero-order chi connectivity index (χ0) is 11.3. The van der Waals surface area contributed by atoms with Gasteiger partial charge < -0.3 is 10.2 Å². The highest BCUT2D eigenvalue weighted by Crippen LogP contribution is 2.17. The second-order valence-electron chi connectivity index (χ2n) is 4.47. The quantitative estimate of drug-likeness (QED) is 0.742. The minimum atomic E-state index is 0.172. The van der Waals surface area contributed by atoms with Crippen LogP contribution in [0.25, 0.3) is 0 Å². The fourth-order valence-corrected chi connectivity index (χ4v) is 2.23. The molecule has 1 aliphatic rings. The van der Waals surface area contributed by atoms with Crippen molar-refractivity contribution < 1.29 is 4.79 Å². The number of carbonyl (C=O) groups excluding carboxylic acids is 1. The van der Waals surface area contributed by atoms with Gasteiger partial charge in [-0.05, 0) is 25.3 Å². The number of halogens is 1. The average molecular weight is 233 g/mol. The molecule has 0 radical (unpaired) electrons. The number of rotatable bonds is 4. The van der Waals surface area contributed by atoms with E-state index in [0.29, 0.717) is 11.8 Å². The molecule has 88 valence electrons. The van der Waals surface area contributed by atoms with Crippen LogP contribution < -0.4 is 5.32 Å². The fourth-order valence-electron chi connectivity index (χ4n) is 2.13. The van der Waals surface area contributed by atoms with Crippen LogP contribution in [-0.2, 0) is 4.79 Å².